The molecule has 10 nitrogen and oxygen atoms in total. The lowest BCUT2D eigenvalue weighted by Gasteiger charge is -2.31. The Kier molecular flexibility index (Phi) is 8.67. The third kappa shape index (κ3) is 6.69. The third-order valence-corrected chi connectivity index (χ3v) is 8.96. The maximum Gasteiger partial charge on any atom is 0.227 e. The van der Waals surface area contributed by atoms with Crippen molar-refractivity contribution < 1.29 is 27.0 Å². The Labute approximate surface area is 231 Å². The van der Waals surface area contributed by atoms with Crippen molar-refractivity contribution in [2.24, 2.45) is 0 Å². The van der Waals surface area contributed by atoms with Crippen molar-refractivity contribution in [1.29, 1.82) is 0 Å². The summed E-state index contributed by atoms with van der Waals surface area (Å²) < 4.78 is 57.5. The average molecular weight is 580 g/mol. The fourth-order valence-corrected chi connectivity index (χ4v) is 6.34. The molecule has 2 aromatic carbocycles. The highest BCUT2D eigenvalue weighted by Gasteiger charge is 2.28. The number of methoxy groups -OCH3 is 1. The normalized spacial score (nSPS) is 20.6. The Morgan fingerprint density at radius 3 is 2.59 bits per heavy atom. The number of hydrogen-bond donors (Lipinski definition) is 2. The van der Waals surface area contributed by atoms with Crippen LogP contribution in [0.5, 0.6) is 11.5 Å². The molecule has 5 rings (SSSR count). The van der Waals surface area contributed by atoms with Crippen LogP contribution in [0.3, 0.4) is 0 Å². The summed E-state index contributed by atoms with van der Waals surface area (Å²) >= 11 is 5.93. The van der Waals surface area contributed by atoms with E-state index in [2.05, 4.69) is 20.6 Å². The molecule has 0 amide bonds. The second-order valence-corrected chi connectivity index (χ2v) is 11.9. The summed E-state index contributed by atoms with van der Waals surface area (Å²) in [6.07, 6.45) is 4.49. The average Bonchev–Trinajstić information content (AvgIpc) is 2.95. The number of morpholine rings is 1. The maximum atomic E-state index is 13.6. The molecular weight excluding hydrogens is 549 g/mol. The summed E-state index contributed by atoms with van der Waals surface area (Å²) in [6, 6.07) is 8.08. The second-order valence-electron chi connectivity index (χ2n) is 9.56. The van der Waals surface area contributed by atoms with Crippen molar-refractivity contribution >= 4 is 44.0 Å². The van der Waals surface area contributed by atoms with Crippen LogP contribution in [0, 0.1) is 5.82 Å². The van der Waals surface area contributed by atoms with Crippen LogP contribution in [-0.4, -0.2) is 74.1 Å². The highest BCUT2D eigenvalue weighted by atomic mass is 35.5. The molecule has 3 aromatic rings. The van der Waals surface area contributed by atoms with Crippen molar-refractivity contribution in [3.63, 3.8) is 0 Å². The third-order valence-electron chi connectivity index (χ3n) is 6.99. The summed E-state index contributed by atoms with van der Waals surface area (Å²) in [7, 11) is -1.78. The van der Waals surface area contributed by atoms with Crippen LogP contribution in [-0.2, 0) is 14.8 Å². The lowest BCUT2D eigenvalue weighted by Crippen LogP contribution is -2.47. The molecule has 39 heavy (non-hydrogen) atoms. The van der Waals surface area contributed by atoms with E-state index < -0.39 is 15.8 Å². The molecule has 1 saturated heterocycles. The fourth-order valence-electron chi connectivity index (χ4n) is 4.83. The molecule has 1 aliphatic heterocycles. The van der Waals surface area contributed by atoms with Crippen molar-refractivity contribution in [3.8, 4) is 11.5 Å². The first kappa shape index (κ1) is 27.8. The van der Waals surface area contributed by atoms with Crippen molar-refractivity contribution in [2.75, 3.05) is 44.6 Å². The van der Waals surface area contributed by atoms with Gasteiger partial charge in [0.25, 0.3) is 0 Å². The van der Waals surface area contributed by atoms with E-state index in [4.69, 9.17) is 25.8 Å². The maximum absolute atomic E-state index is 13.6. The molecular formula is C26H31ClFN5O5S. The zero-order chi connectivity index (χ0) is 27.4. The molecule has 0 atom stereocenters. The molecule has 2 N–H and O–H groups in total. The van der Waals surface area contributed by atoms with Crippen LogP contribution in [0.4, 0.5) is 15.9 Å². The van der Waals surface area contributed by atoms with Gasteiger partial charge in [-0.1, -0.05) is 11.6 Å². The minimum Gasteiger partial charge on any atom is -0.493 e. The van der Waals surface area contributed by atoms with Gasteiger partial charge in [-0.2, -0.15) is 4.31 Å². The van der Waals surface area contributed by atoms with Gasteiger partial charge in [0.1, 0.15) is 23.8 Å². The monoisotopic (exact) mass is 579 g/mol. The van der Waals surface area contributed by atoms with Gasteiger partial charge in [-0.05, 0) is 49.9 Å². The predicted octanol–water partition coefficient (Wildman–Crippen LogP) is 4.07. The molecule has 0 spiro atoms. The van der Waals surface area contributed by atoms with Crippen LogP contribution < -0.4 is 20.1 Å². The first-order valence-electron chi connectivity index (χ1n) is 12.8. The number of benzene rings is 2. The first-order valence-corrected chi connectivity index (χ1v) is 14.8. The summed E-state index contributed by atoms with van der Waals surface area (Å²) in [4.78, 5) is 8.71. The molecule has 13 heteroatoms. The van der Waals surface area contributed by atoms with E-state index in [-0.39, 0.29) is 23.0 Å². The molecule has 0 unspecified atom stereocenters. The van der Waals surface area contributed by atoms with Crippen LogP contribution in [0.1, 0.15) is 25.7 Å². The van der Waals surface area contributed by atoms with E-state index in [1.807, 2.05) is 6.07 Å². The molecule has 1 aliphatic carbocycles. The number of nitrogens with zero attached hydrogens (tertiary/aromatic N) is 3. The first-order chi connectivity index (χ1) is 18.8. The largest absolute Gasteiger partial charge is 0.493 e. The van der Waals surface area contributed by atoms with Crippen LogP contribution >= 0.6 is 11.6 Å². The number of anilines is 2. The van der Waals surface area contributed by atoms with E-state index in [9.17, 15) is 12.8 Å². The quantitative estimate of drug-likeness (QED) is 0.387. The van der Waals surface area contributed by atoms with Gasteiger partial charge >= 0.3 is 0 Å². The minimum atomic E-state index is -3.36. The standard InChI is InChI=1S/C26H31ClFN5O5S/c1-36-24-14-23-20(26(30-15-29-23)32-18-4-7-22(28)21(27)12-18)13-25(24)38-19-5-2-17(3-6-19)31-16-39(34,35)33-8-10-37-11-9-33/h4,7,12-15,17,19,31H,2-3,5-6,8-11,16H2,1H3,(H,29,30,32). The number of nitrogens with one attached hydrogen (secondary N) is 2. The predicted molar refractivity (Wildman–Crippen MR) is 147 cm³/mol. The van der Waals surface area contributed by atoms with Gasteiger partial charge in [0.05, 0.1) is 37.0 Å². The number of hydrogen-bond acceptors (Lipinski definition) is 9. The zero-order valence-corrected chi connectivity index (χ0v) is 23.1. The molecule has 1 aromatic heterocycles. The van der Waals surface area contributed by atoms with E-state index in [1.165, 1.54) is 22.8 Å². The number of sulfonamides is 1. The molecule has 2 fully saturated rings. The van der Waals surface area contributed by atoms with Gasteiger partial charge in [0.2, 0.25) is 10.0 Å². The van der Waals surface area contributed by atoms with Gasteiger partial charge in [0.15, 0.2) is 11.5 Å². The number of fused-ring (bicyclic) bond motifs is 1. The van der Waals surface area contributed by atoms with E-state index in [0.717, 1.165) is 25.7 Å². The molecule has 2 heterocycles. The van der Waals surface area contributed by atoms with Gasteiger partial charge < -0.3 is 19.5 Å². The number of aromatic nitrogens is 2. The highest BCUT2D eigenvalue weighted by molar-refractivity contribution is 7.89. The number of halogens is 2. The van der Waals surface area contributed by atoms with Gasteiger partial charge in [0, 0.05) is 36.3 Å². The van der Waals surface area contributed by atoms with E-state index >= 15 is 0 Å². The Bertz CT molecular complexity index is 1420. The summed E-state index contributed by atoms with van der Waals surface area (Å²) in [5.41, 5.74) is 1.24. The SMILES string of the molecule is COc1cc2ncnc(Nc3ccc(F)c(Cl)c3)c2cc1OC1CCC(NCS(=O)(=O)N2CCOCC2)CC1. The van der Waals surface area contributed by atoms with Gasteiger partial charge in [-0.3, -0.25) is 5.32 Å². The van der Waals surface area contributed by atoms with Crippen LogP contribution in [0.15, 0.2) is 36.7 Å². The van der Waals surface area contributed by atoms with Gasteiger partial charge in [-0.25, -0.2) is 22.8 Å². The molecule has 2 aliphatic rings. The van der Waals surface area contributed by atoms with Crippen LogP contribution in [0.2, 0.25) is 5.02 Å². The summed E-state index contributed by atoms with van der Waals surface area (Å²) in [5.74, 6) is 1.06. The fraction of sp³-hybridized carbons (Fsp3) is 0.462. The molecule has 0 bridgehead atoms. The smallest absolute Gasteiger partial charge is 0.227 e. The second kappa shape index (κ2) is 12.2. The van der Waals surface area contributed by atoms with Crippen molar-refractivity contribution in [1.82, 2.24) is 19.6 Å². The molecule has 0 radical (unpaired) electrons. The topological polar surface area (TPSA) is 115 Å². The van der Waals surface area contributed by atoms with Crippen molar-refractivity contribution in [3.05, 3.63) is 47.5 Å². The number of rotatable bonds is 9. The Hall–Kier alpha value is -2.77. The molecule has 1 saturated carbocycles. The van der Waals surface area contributed by atoms with Crippen molar-refractivity contribution in [2.45, 2.75) is 37.8 Å². The number of ether oxygens (including phenoxy) is 3. The Morgan fingerprint density at radius 2 is 1.87 bits per heavy atom. The summed E-state index contributed by atoms with van der Waals surface area (Å²) in [6.45, 7) is 1.67. The van der Waals surface area contributed by atoms with Crippen LogP contribution in [0.25, 0.3) is 10.9 Å². The lowest BCUT2D eigenvalue weighted by molar-refractivity contribution is 0.0728. The van der Waals surface area contributed by atoms with E-state index in [0.29, 0.717) is 60.2 Å². The summed E-state index contributed by atoms with van der Waals surface area (Å²) in [5, 5.41) is 7.11. The molecule has 210 valence electrons. The Morgan fingerprint density at radius 1 is 1.10 bits per heavy atom. The van der Waals surface area contributed by atoms with Gasteiger partial charge in [-0.15, -0.1) is 0 Å². The minimum absolute atomic E-state index is 0.00726. The van der Waals surface area contributed by atoms with E-state index in [1.54, 1.807) is 19.2 Å². The highest BCUT2D eigenvalue weighted by Crippen LogP contribution is 2.37. The zero-order valence-electron chi connectivity index (χ0n) is 21.5. The Balaban J connectivity index is 1.24. The lowest BCUT2D eigenvalue weighted by atomic mass is 9.93.